The van der Waals surface area contributed by atoms with E-state index < -0.39 is 17.6 Å². The molecule has 4 aromatic rings. The zero-order valence-electron chi connectivity index (χ0n) is 14.9. The number of nitrogens with zero attached hydrogens (tertiary/aromatic N) is 3. The molecule has 3 nitrogen and oxygen atoms in total. The van der Waals surface area contributed by atoms with Gasteiger partial charge in [-0.3, -0.25) is 4.98 Å². The van der Waals surface area contributed by atoms with Crippen LogP contribution in [-0.4, -0.2) is 15.0 Å². The maximum Gasteiger partial charge on any atom is 0.416 e. The van der Waals surface area contributed by atoms with Gasteiger partial charge in [-0.2, -0.15) is 13.2 Å². The summed E-state index contributed by atoms with van der Waals surface area (Å²) in [5, 5.41) is 0. The summed E-state index contributed by atoms with van der Waals surface area (Å²) in [4.78, 5) is 13.0. The zero-order chi connectivity index (χ0) is 20.4. The molecule has 0 aliphatic rings. The molecular weight excluding hydrogens is 382 g/mol. The van der Waals surface area contributed by atoms with Crippen molar-refractivity contribution in [3.8, 4) is 33.9 Å². The van der Waals surface area contributed by atoms with Crippen molar-refractivity contribution in [2.75, 3.05) is 0 Å². The van der Waals surface area contributed by atoms with Crippen LogP contribution in [0, 0.1) is 5.82 Å². The normalized spacial score (nSPS) is 11.4. The number of rotatable bonds is 3. The summed E-state index contributed by atoms with van der Waals surface area (Å²) < 4.78 is 52.3. The van der Waals surface area contributed by atoms with Crippen molar-refractivity contribution < 1.29 is 17.6 Å². The number of aromatic nitrogens is 3. The third-order valence-electron chi connectivity index (χ3n) is 4.29. The molecule has 0 aliphatic carbocycles. The average Bonchev–Trinajstić information content (AvgIpc) is 2.73. The Morgan fingerprint density at radius 3 is 1.93 bits per heavy atom. The first-order valence-electron chi connectivity index (χ1n) is 8.63. The van der Waals surface area contributed by atoms with Crippen LogP contribution in [0.2, 0.25) is 0 Å². The first kappa shape index (κ1) is 18.7. The molecule has 4 rings (SSSR count). The Balaban J connectivity index is 1.86. The van der Waals surface area contributed by atoms with Crippen molar-refractivity contribution in [1.82, 2.24) is 15.0 Å². The molecule has 2 aromatic heterocycles. The quantitative estimate of drug-likeness (QED) is 0.398. The fraction of sp³-hybridized carbons (Fsp3) is 0.0455. The maximum absolute atomic E-state index is 13.7. The molecular formula is C22H13F4N3. The van der Waals surface area contributed by atoms with E-state index in [1.165, 1.54) is 24.3 Å². The highest BCUT2D eigenvalue weighted by atomic mass is 19.4. The Morgan fingerprint density at radius 2 is 1.31 bits per heavy atom. The minimum atomic E-state index is -4.42. The highest BCUT2D eigenvalue weighted by molar-refractivity contribution is 5.71. The molecule has 144 valence electrons. The van der Waals surface area contributed by atoms with Crippen molar-refractivity contribution in [3.05, 3.63) is 90.5 Å². The Bertz CT molecular complexity index is 1140. The van der Waals surface area contributed by atoms with Gasteiger partial charge in [-0.25, -0.2) is 14.4 Å². The lowest BCUT2D eigenvalue weighted by atomic mass is 10.0. The summed E-state index contributed by atoms with van der Waals surface area (Å²) in [6.07, 6.45) is -1.24. The van der Waals surface area contributed by atoms with Crippen LogP contribution in [0.3, 0.4) is 0 Å². The smallest absolute Gasteiger partial charge is 0.265 e. The number of benzene rings is 2. The topological polar surface area (TPSA) is 38.7 Å². The number of hydrogen-bond donors (Lipinski definition) is 0. The second kappa shape index (κ2) is 7.43. The third kappa shape index (κ3) is 4.13. The van der Waals surface area contributed by atoms with E-state index in [-0.39, 0.29) is 0 Å². The Kier molecular flexibility index (Phi) is 4.80. The van der Waals surface area contributed by atoms with E-state index in [1.807, 2.05) is 0 Å². The van der Waals surface area contributed by atoms with Gasteiger partial charge in [0.05, 0.1) is 17.0 Å². The Labute approximate surface area is 163 Å². The number of halogens is 4. The highest BCUT2D eigenvalue weighted by Crippen LogP contribution is 2.32. The fourth-order valence-corrected chi connectivity index (χ4v) is 2.85. The molecule has 7 heteroatoms. The first-order valence-corrected chi connectivity index (χ1v) is 8.63. The molecule has 0 N–H and O–H groups in total. The van der Waals surface area contributed by atoms with E-state index in [0.717, 1.165) is 12.1 Å². The van der Waals surface area contributed by atoms with Gasteiger partial charge in [0.1, 0.15) is 5.82 Å². The van der Waals surface area contributed by atoms with Crippen LogP contribution in [0.5, 0.6) is 0 Å². The van der Waals surface area contributed by atoms with Crippen LogP contribution in [0.15, 0.2) is 79.1 Å². The fourth-order valence-electron chi connectivity index (χ4n) is 2.85. The van der Waals surface area contributed by atoms with Crippen LogP contribution in [-0.2, 0) is 6.18 Å². The molecule has 0 unspecified atom stereocenters. The van der Waals surface area contributed by atoms with E-state index in [0.29, 0.717) is 33.9 Å². The van der Waals surface area contributed by atoms with E-state index in [4.69, 9.17) is 0 Å². The standard InChI is InChI=1S/C22H13F4N3/c23-18-3-1-2-16(12-18)20-13-19(14-4-6-17(7-5-14)22(24,25)26)28-21(29-20)15-8-10-27-11-9-15/h1-13H. The lowest BCUT2D eigenvalue weighted by Crippen LogP contribution is -2.04. The van der Waals surface area contributed by atoms with Crippen molar-refractivity contribution in [2.24, 2.45) is 0 Å². The van der Waals surface area contributed by atoms with Gasteiger partial charge in [-0.1, -0.05) is 24.3 Å². The monoisotopic (exact) mass is 395 g/mol. The molecule has 0 fully saturated rings. The van der Waals surface area contributed by atoms with Gasteiger partial charge in [-0.15, -0.1) is 0 Å². The maximum atomic E-state index is 13.7. The van der Waals surface area contributed by atoms with E-state index >= 15 is 0 Å². The molecule has 2 aromatic carbocycles. The van der Waals surface area contributed by atoms with Gasteiger partial charge in [0.25, 0.3) is 0 Å². The summed E-state index contributed by atoms with van der Waals surface area (Å²) in [7, 11) is 0. The number of pyridine rings is 1. The largest absolute Gasteiger partial charge is 0.416 e. The average molecular weight is 395 g/mol. The summed E-state index contributed by atoms with van der Waals surface area (Å²) >= 11 is 0. The third-order valence-corrected chi connectivity index (χ3v) is 4.29. The van der Waals surface area contributed by atoms with Crippen LogP contribution in [0.1, 0.15) is 5.56 Å². The molecule has 0 aliphatic heterocycles. The van der Waals surface area contributed by atoms with Crippen molar-refractivity contribution in [1.29, 1.82) is 0 Å². The minimum absolute atomic E-state index is 0.365. The van der Waals surface area contributed by atoms with Gasteiger partial charge < -0.3 is 0 Å². The molecule has 0 atom stereocenters. The summed E-state index contributed by atoms with van der Waals surface area (Å²) in [5.41, 5.74) is 1.87. The van der Waals surface area contributed by atoms with Crippen LogP contribution in [0.25, 0.3) is 33.9 Å². The Hall–Kier alpha value is -3.61. The molecule has 0 bridgehead atoms. The minimum Gasteiger partial charge on any atom is -0.265 e. The summed E-state index contributed by atoms with van der Waals surface area (Å²) in [6.45, 7) is 0. The molecule has 0 radical (unpaired) electrons. The van der Waals surface area contributed by atoms with Gasteiger partial charge in [0, 0.05) is 29.1 Å². The van der Waals surface area contributed by atoms with Crippen LogP contribution < -0.4 is 0 Å². The summed E-state index contributed by atoms with van der Waals surface area (Å²) in [5.74, 6) is -0.0493. The first-order chi connectivity index (χ1) is 13.9. The number of alkyl halides is 3. The SMILES string of the molecule is Fc1cccc(-c2cc(-c3ccc(C(F)(F)F)cc3)nc(-c3ccncc3)n2)c1. The lowest BCUT2D eigenvalue weighted by molar-refractivity contribution is -0.137. The highest BCUT2D eigenvalue weighted by Gasteiger charge is 2.30. The molecule has 29 heavy (non-hydrogen) atoms. The van der Waals surface area contributed by atoms with E-state index in [9.17, 15) is 17.6 Å². The second-order valence-corrected chi connectivity index (χ2v) is 6.28. The van der Waals surface area contributed by atoms with Crippen LogP contribution >= 0.6 is 0 Å². The molecule has 0 amide bonds. The van der Waals surface area contributed by atoms with Crippen molar-refractivity contribution in [3.63, 3.8) is 0 Å². The van der Waals surface area contributed by atoms with Crippen molar-refractivity contribution in [2.45, 2.75) is 6.18 Å². The Morgan fingerprint density at radius 1 is 0.655 bits per heavy atom. The molecule has 2 heterocycles. The lowest BCUT2D eigenvalue weighted by Gasteiger charge is -2.11. The predicted molar refractivity (Wildman–Crippen MR) is 101 cm³/mol. The van der Waals surface area contributed by atoms with Gasteiger partial charge >= 0.3 is 6.18 Å². The van der Waals surface area contributed by atoms with Gasteiger partial charge in [0.2, 0.25) is 0 Å². The second-order valence-electron chi connectivity index (χ2n) is 6.28. The zero-order valence-corrected chi connectivity index (χ0v) is 14.9. The van der Waals surface area contributed by atoms with Crippen molar-refractivity contribution >= 4 is 0 Å². The summed E-state index contributed by atoms with van der Waals surface area (Å²) in [6, 6.07) is 15.7. The molecule has 0 spiro atoms. The molecule has 0 saturated heterocycles. The van der Waals surface area contributed by atoms with E-state index in [2.05, 4.69) is 15.0 Å². The van der Waals surface area contributed by atoms with E-state index in [1.54, 1.807) is 42.7 Å². The van der Waals surface area contributed by atoms with Gasteiger partial charge in [-0.05, 0) is 42.5 Å². The van der Waals surface area contributed by atoms with Crippen LogP contribution in [0.4, 0.5) is 17.6 Å². The predicted octanol–water partition coefficient (Wildman–Crippen LogP) is 6.03. The van der Waals surface area contributed by atoms with Gasteiger partial charge in [0.15, 0.2) is 5.82 Å². The molecule has 0 saturated carbocycles. The number of hydrogen-bond acceptors (Lipinski definition) is 3.